The van der Waals surface area contributed by atoms with E-state index in [1.807, 2.05) is 72.2 Å². The molecule has 1 aromatic heterocycles. The maximum Gasteiger partial charge on any atom is 0.326 e. The lowest BCUT2D eigenvalue weighted by molar-refractivity contribution is -0.645. The van der Waals surface area contributed by atoms with E-state index < -0.39 is 31.8 Å². The topological polar surface area (TPSA) is 174 Å². The summed E-state index contributed by atoms with van der Waals surface area (Å²) in [6.07, 6.45) is 3.90. The van der Waals surface area contributed by atoms with E-state index in [1.54, 1.807) is 65.6 Å². The summed E-state index contributed by atoms with van der Waals surface area (Å²) in [6.45, 7) is 1.93. The van der Waals surface area contributed by atoms with E-state index in [2.05, 4.69) is 10.6 Å². The second-order valence-electron chi connectivity index (χ2n) is 14.4. The Morgan fingerprint density at radius 3 is 1.80 bits per heavy atom. The van der Waals surface area contributed by atoms with Gasteiger partial charge in [0.15, 0.2) is 6.54 Å². The van der Waals surface area contributed by atoms with E-state index in [0.717, 1.165) is 21.0 Å². The number of carbonyl (C=O) groups excluding carboxylic acids is 3. The number of rotatable bonds is 14. The highest BCUT2D eigenvalue weighted by atomic mass is 32.2. The van der Waals surface area contributed by atoms with Crippen LogP contribution in [0.1, 0.15) is 46.3 Å². The zero-order valence-electron chi connectivity index (χ0n) is 32.8. The molecule has 1 aliphatic heterocycles. The molecule has 60 heavy (non-hydrogen) atoms. The molecule has 0 unspecified atom stereocenters. The summed E-state index contributed by atoms with van der Waals surface area (Å²) in [7, 11) is -8.65. The first-order valence-corrected chi connectivity index (χ1v) is 22.5. The van der Waals surface area contributed by atoms with Crippen LogP contribution in [0.4, 0.5) is 16.2 Å². The summed E-state index contributed by atoms with van der Waals surface area (Å²) >= 11 is 0. The van der Waals surface area contributed by atoms with Gasteiger partial charge in [-0.15, -0.1) is 0 Å². The number of anilines is 2. The number of carbonyl (C=O) groups is 3. The molecule has 0 spiro atoms. The van der Waals surface area contributed by atoms with Crippen LogP contribution in [0.3, 0.4) is 0 Å². The average Bonchev–Trinajstić information content (AvgIpc) is 3.40. The molecule has 7 rings (SSSR count). The number of nitrogens with one attached hydrogen (secondary N) is 2. The molecular weight excluding hydrogens is 803 g/mol. The van der Waals surface area contributed by atoms with Crippen LogP contribution in [0.2, 0.25) is 0 Å². The fourth-order valence-electron chi connectivity index (χ4n) is 7.40. The second kappa shape index (κ2) is 17.8. The lowest BCUT2D eigenvalue weighted by atomic mass is 10.0. The Kier molecular flexibility index (Phi) is 12.4. The van der Waals surface area contributed by atoms with E-state index in [0.29, 0.717) is 33.2 Å². The average molecular weight is 847 g/mol. The number of pyridine rings is 1. The van der Waals surface area contributed by atoms with E-state index >= 15 is 0 Å². The van der Waals surface area contributed by atoms with Crippen molar-refractivity contribution in [2.45, 2.75) is 37.6 Å². The maximum absolute atomic E-state index is 14.8. The summed E-state index contributed by atoms with van der Waals surface area (Å²) in [5, 5.41) is 6.57. The zero-order valence-corrected chi connectivity index (χ0v) is 34.5. The smallest absolute Gasteiger partial charge is 0.326 e. The van der Waals surface area contributed by atoms with Gasteiger partial charge in [0.25, 0.3) is 26.0 Å². The lowest BCUT2D eigenvalue weighted by Crippen LogP contribution is -2.42. The molecule has 0 atom stereocenters. The molecule has 2 heterocycles. The normalized spacial score (nSPS) is 12.4. The van der Waals surface area contributed by atoms with Crippen LogP contribution in [0.15, 0.2) is 126 Å². The Hall–Kier alpha value is -6.42. The first-order chi connectivity index (χ1) is 28.8. The van der Waals surface area contributed by atoms with Crippen molar-refractivity contribution in [3.8, 4) is 0 Å². The van der Waals surface area contributed by atoms with Crippen molar-refractivity contribution in [2.24, 2.45) is 0 Å². The van der Waals surface area contributed by atoms with Crippen LogP contribution < -0.4 is 20.1 Å². The summed E-state index contributed by atoms with van der Waals surface area (Å²) in [5.74, 6) is -1.64. The number of hydrogen-bond donors (Lipinski definition) is 3. The van der Waals surface area contributed by atoms with Gasteiger partial charge < -0.3 is 10.6 Å². The fourth-order valence-corrected chi connectivity index (χ4v) is 9.31. The van der Waals surface area contributed by atoms with Gasteiger partial charge in [-0.1, -0.05) is 90.5 Å². The first kappa shape index (κ1) is 41.7. The van der Waals surface area contributed by atoms with Gasteiger partial charge in [-0.3, -0.25) is 19.0 Å². The van der Waals surface area contributed by atoms with Gasteiger partial charge in [0, 0.05) is 44.6 Å². The number of amides is 4. The van der Waals surface area contributed by atoms with E-state index in [4.69, 9.17) is 0 Å². The van der Waals surface area contributed by atoms with E-state index in [1.165, 1.54) is 12.1 Å². The van der Waals surface area contributed by atoms with Crippen LogP contribution in [0, 0.1) is 6.92 Å². The van der Waals surface area contributed by atoms with Gasteiger partial charge >= 0.3 is 6.03 Å². The number of hydrogen-bond acceptors (Lipinski definition) is 7. The number of benzene rings is 5. The van der Waals surface area contributed by atoms with Crippen molar-refractivity contribution < 1.29 is 40.3 Å². The SMILES string of the molecule is Cc1ccc(S(=O)(=O)N(CCCC(=O)NCCNC(=O)N2c3ccccc3C=Cc3ccccc32)C(=O)c2c3ccccc3[n+](CCCS(=O)(=O)O)c3ccccc23)cc1. The molecule has 0 bridgehead atoms. The van der Waals surface area contributed by atoms with Crippen molar-refractivity contribution >= 4 is 83.3 Å². The maximum atomic E-state index is 14.8. The van der Waals surface area contributed by atoms with Gasteiger partial charge in [-0.25, -0.2) is 17.5 Å². The van der Waals surface area contributed by atoms with Crippen LogP contribution in [0.25, 0.3) is 34.0 Å². The van der Waals surface area contributed by atoms with Gasteiger partial charge in [0.05, 0.1) is 38.4 Å². The number of para-hydroxylation sites is 4. The summed E-state index contributed by atoms with van der Waals surface area (Å²) in [4.78, 5) is 43.1. The molecule has 0 saturated heterocycles. The molecule has 0 aliphatic carbocycles. The van der Waals surface area contributed by atoms with Gasteiger partial charge in [-0.2, -0.15) is 13.0 Å². The highest BCUT2D eigenvalue weighted by Gasteiger charge is 2.34. The predicted octanol–water partition coefficient (Wildman–Crippen LogP) is 6.63. The minimum atomic E-state index is -4.43. The molecule has 5 aromatic carbocycles. The molecule has 0 saturated carbocycles. The third-order valence-corrected chi connectivity index (χ3v) is 12.9. The molecule has 15 heteroatoms. The fraction of sp³-hybridized carbons (Fsp3) is 0.200. The number of sulfonamides is 1. The Morgan fingerprint density at radius 1 is 0.683 bits per heavy atom. The molecule has 0 radical (unpaired) electrons. The Morgan fingerprint density at radius 2 is 1.22 bits per heavy atom. The Bertz CT molecular complexity index is 2760. The van der Waals surface area contributed by atoms with Gasteiger partial charge in [0.1, 0.15) is 0 Å². The molecule has 13 nitrogen and oxygen atoms in total. The van der Waals surface area contributed by atoms with Crippen LogP contribution in [-0.2, 0) is 31.5 Å². The minimum absolute atomic E-state index is 0.00169. The third-order valence-electron chi connectivity index (χ3n) is 10.3. The van der Waals surface area contributed by atoms with Crippen LogP contribution >= 0.6 is 0 Å². The predicted molar refractivity (Wildman–Crippen MR) is 232 cm³/mol. The van der Waals surface area contributed by atoms with Crippen molar-refractivity contribution in [2.75, 3.05) is 30.3 Å². The quantitative estimate of drug-likeness (QED) is 0.0475. The summed E-state index contributed by atoms with van der Waals surface area (Å²) < 4.78 is 63.9. The molecule has 6 aromatic rings. The number of fused-ring (bicyclic) bond motifs is 4. The Balaban J connectivity index is 1.08. The highest BCUT2D eigenvalue weighted by Crippen LogP contribution is 2.36. The zero-order chi connectivity index (χ0) is 42.4. The number of urea groups is 1. The second-order valence-corrected chi connectivity index (χ2v) is 17.8. The van der Waals surface area contributed by atoms with Crippen molar-refractivity contribution in [3.63, 3.8) is 0 Å². The minimum Gasteiger partial charge on any atom is -0.354 e. The molecule has 1 aliphatic rings. The third kappa shape index (κ3) is 9.08. The monoisotopic (exact) mass is 846 g/mol. The molecule has 3 N–H and O–H groups in total. The molecule has 0 fully saturated rings. The van der Waals surface area contributed by atoms with Crippen molar-refractivity contribution in [1.82, 2.24) is 14.9 Å². The van der Waals surface area contributed by atoms with E-state index in [9.17, 15) is 35.8 Å². The van der Waals surface area contributed by atoms with E-state index in [-0.39, 0.29) is 67.8 Å². The number of aromatic nitrogens is 1. The standard InChI is InChI=1S/C45H43N5O8S2/c1-32-21-25-35(26-22-32)60(57,58)49(44(52)43-36-14-4-8-18-40(36)48(29-11-31-59(54,55)56)41-19-9-5-15-37(41)43)30-10-20-42(51)46-27-28-47-45(53)50-38-16-6-2-12-33(38)23-24-34-13-3-7-17-39(34)50/h2-9,12-19,21-26H,10-11,20,27-31H2,1H3,(H2-,46,47,51,53,54,55,56)/p+1. The molecular formula is C45H44N5O8S2+. The number of aryl methyl sites for hydroxylation is 2. The largest absolute Gasteiger partial charge is 0.354 e. The lowest BCUT2D eigenvalue weighted by Gasteiger charge is -2.25. The molecule has 4 amide bonds. The first-order valence-electron chi connectivity index (χ1n) is 19.5. The van der Waals surface area contributed by atoms with Crippen molar-refractivity contribution in [1.29, 1.82) is 0 Å². The van der Waals surface area contributed by atoms with Gasteiger partial charge in [-0.05, 0) is 60.9 Å². The highest BCUT2D eigenvalue weighted by molar-refractivity contribution is 7.89. The van der Waals surface area contributed by atoms with Crippen LogP contribution in [0.5, 0.6) is 0 Å². The van der Waals surface area contributed by atoms with Crippen LogP contribution in [-0.4, -0.2) is 68.9 Å². The summed E-state index contributed by atoms with van der Waals surface area (Å²) in [6, 6.07) is 34.8. The van der Waals surface area contributed by atoms with Gasteiger partial charge in [0.2, 0.25) is 16.9 Å². The van der Waals surface area contributed by atoms with Crippen molar-refractivity contribution in [3.05, 3.63) is 144 Å². The number of nitrogens with zero attached hydrogens (tertiary/aromatic N) is 3. The summed E-state index contributed by atoms with van der Waals surface area (Å²) in [5.41, 5.74) is 5.27. The Labute approximate surface area is 348 Å². The molecule has 308 valence electrons.